The zero-order valence-corrected chi connectivity index (χ0v) is 15.6. The number of ether oxygens (including phenoxy) is 1. The van der Waals surface area contributed by atoms with Crippen molar-refractivity contribution in [3.05, 3.63) is 18.0 Å². The lowest BCUT2D eigenvalue weighted by Crippen LogP contribution is -2.56. The minimum Gasteiger partial charge on any atom is -0.383 e. The lowest BCUT2D eigenvalue weighted by atomic mass is 9.86. The third kappa shape index (κ3) is 3.51. The summed E-state index contributed by atoms with van der Waals surface area (Å²) in [4.78, 5) is 2.40. The molecule has 1 aromatic rings. The summed E-state index contributed by atoms with van der Waals surface area (Å²) in [6.45, 7) is 3.19. The van der Waals surface area contributed by atoms with E-state index in [9.17, 15) is 8.42 Å². The molecular weight excluding hydrogens is 328 g/mol. The average Bonchev–Trinajstić information content (AvgIpc) is 3.06. The van der Waals surface area contributed by atoms with Gasteiger partial charge in [0, 0.05) is 57.1 Å². The Hall–Kier alpha value is -0.960. The number of nitrogens with zero attached hydrogens (tertiary/aromatic N) is 4. The molecule has 0 amide bonds. The summed E-state index contributed by atoms with van der Waals surface area (Å²) in [5, 5.41) is 4.22. The Labute approximate surface area is 144 Å². The molecule has 1 unspecified atom stereocenters. The second kappa shape index (κ2) is 6.74. The van der Waals surface area contributed by atoms with Crippen molar-refractivity contribution >= 4 is 10.0 Å². The first kappa shape index (κ1) is 17.8. The monoisotopic (exact) mass is 356 g/mol. The number of hydrogen-bond acceptors (Lipinski definition) is 5. The van der Waals surface area contributed by atoms with Gasteiger partial charge in [-0.1, -0.05) is 0 Å². The Morgan fingerprint density at radius 1 is 1.33 bits per heavy atom. The van der Waals surface area contributed by atoms with Gasteiger partial charge in [0.1, 0.15) is 0 Å². The number of methoxy groups -OCH3 is 1. The highest BCUT2D eigenvalue weighted by Crippen LogP contribution is 2.43. The maximum absolute atomic E-state index is 12.4. The van der Waals surface area contributed by atoms with Crippen molar-refractivity contribution in [3.63, 3.8) is 0 Å². The molecule has 2 fully saturated rings. The Bertz CT molecular complexity index is 665. The van der Waals surface area contributed by atoms with E-state index in [1.165, 1.54) is 11.8 Å². The second-order valence-corrected chi connectivity index (χ2v) is 9.09. The summed E-state index contributed by atoms with van der Waals surface area (Å²) in [5.74, 6) is 0. The minimum absolute atomic E-state index is 0.0186. The number of hydrogen-bond donors (Lipinski definition) is 0. The lowest BCUT2D eigenvalue weighted by molar-refractivity contribution is 0.0658. The molecule has 1 spiro atoms. The first-order valence-electron chi connectivity index (χ1n) is 8.52. The molecule has 24 heavy (non-hydrogen) atoms. The standard InChI is InChI=1S/C16H28N4O3S/c1-18-11-14(10-17-18)12-19-8-6-16(7-9-19)5-4-15(13-23-2)20(16)24(3,21)22/h10-11,15H,4-9,12-13H2,1-3H3. The highest BCUT2D eigenvalue weighted by atomic mass is 32.2. The van der Waals surface area contributed by atoms with Crippen molar-refractivity contribution < 1.29 is 13.2 Å². The number of aryl methyl sites for hydroxylation is 1. The van der Waals surface area contributed by atoms with Crippen LogP contribution in [0.4, 0.5) is 0 Å². The molecule has 1 aromatic heterocycles. The molecule has 7 nitrogen and oxygen atoms in total. The topological polar surface area (TPSA) is 67.7 Å². The molecule has 136 valence electrons. The van der Waals surface area contributed by atoms with Crippen LogP contribution in [0.5, 0.6) is 0 Å². The molecule has 0 N–H and O–H groups in total. The zero-order chi connectivity index (χ0) is 17.4. The van der Waals surface area contributed by atoms with E-state index in [2.05, 4.69) is 10.00 Å². The van der Waals surface area contributed by atoms with Crippen LogP contribution >= 0.6 is 0 Å². The molecule has 0 bridgehead atoms. The van der Waals surface area contributed by atoms with E-state index in [0.29, 0.717) is 6.61 Å². The molecule has 2 aliphatic rings. The van der Waals surface area contributed by atoms with Crippen molar-refractivity contribution in [3.8, 4) is 0 Å². The average molecular weight is 356 g/mol. The number of rotatable bonds is 5. The van der Waals surface area contributed by atoms with E-state index >= 15 is 0 Å². The smallest absolute Gasteiger partial charge is 0.212 e. The fourth-order valence-corrected chi connectivity index (χ4v) is 6.11. The van der Waals surface area contributed by atoms with Crippen LogP contribution in [0.15, 0.2) is 12.4 Å². The summed E-state index contributed by atoms with van der Waals surface area (Å²) in [7, 11) is 0.331. The predicted molar refractivity (Wildman–Crippen MR) is 92.0 cm³/mol. The normalized spacial score (nSPS) is 25.5. The van der Waals surface area contributed by atoms with E-state index in [1.54, 1.807) is 11.4 Å². The van der Waals surface area contributed by atoms with Crippen LogP contribution < -0.4 is 0 Å². The number of aromatic nitrogens is 2. The Morgan fingerprint density at radius 3 is 2.58 bits per heavy atom. The van der Waals surface area contributed by atoms with Gasteiger partial charge in [-0.25, -0.2) is 8.42 Å². The molecule has 2 saturated heterocycles. The van der Waals surface area contributed by atoms with Crippen LogP contribution in [0.25, 0.3) is 0 Å². The Morgan fingerprint density at radius 2 is 2.04 bits per heavy atom. The highest BCUT2D eigenvalue weighted by Gasteiger charge is 2.51. The largest absolute Gasteiger partial charge is 0.383 e. The van der Waals surface area contributed by atoms with Gasteiger partial charge in [-0.2, -0.15) is 9.40 Å². The summed E-state index contributed by atoms with van der Waals surface area (Å²) < 4.78 is 33.7. The van der Waals surface area contributed by atoms with E-state index in [1.807, 2.05) is 24.1 Å². The lowest BCUT2D eigenvalue weighted by Gasteiger charge is -2.45. The van der Waals surface area contributed by atoms with Crippen LogP contribution in [0, 0.1) is 0 Å². The Kier molecular flexibility index (Phi) is 5.01. The van der Waals surface area contributed by atoms with Crippen molar-refractivity contribution in [2.75, 3.05) is 33.1 Å². The molecule has 1 atom stereocenters. The minimum atomic E-state index is -3.23. The molecule has 3 rings (SSSR count). The summed E-state index contributed by atoms with van der Waals surface area (Å²) in [6.07, 6.45) is 8.89. The second-order valence-electron chi connectivity index (χ2n) is 7.23. The molecule has 0 aliphatic carbocycles. The van der Waals surface area contributed by atoms with E-state index in [-0.39, 0.29) is 11.6 Å². The molecular formula is C16H28N4O3S. The zero-order valence-electron chi connectivity index (χ0n) is 14.8. The van der Waals surface area contributed by atoms with Gasteiger partial charge in [0.2, 0.25) is 10.0 Å². The Balaban J connectivity index is 1.69. The van der Waals surface area contributed by atoms with Gasteiger partial charge in [0.25, 0.3) is 0 Å². The van der Waals surface area contributed by atoms with Gasteiger partial charge in [-0.05, 0) is 25.7 Å². The maximum atomic E-state index is 12.4. The third-order valence-electron chi connectivity index (χ3n) is 5.41. The quantitative estimate of drug-likeness (QED) is 0.782. The van der Waals surface area contributed by atoms with Gasteiger partial charge in [-0.3, -0.25) is 9.58 Å². The van der Waals surface area contributed by atoms with E-state index in [0.717, 1.165) is 45.3 Å². The number of piperidine rings is 1. The highest BCUT2D eigenvalue weighted by molar-refractivity contribution is 7.88. The third-order valence-corrected chi connectivity index (χ3v) is 6.81. The van der Waals surface area contributed by atoms with Crippen molar-refractivity contribution in [1.82, 2.24) is 19.0 Å². The van der Waals surface area contributed by atoms with Crippen LogP contribution in [0.3, 0.4) is 0 Å². The molecule has 0 saturated carbocycles. The molecule has 0 radical (unpaired) electrons. The van der Waals surface area contributed by atoms with Crippen LogP contribution in [0.2, 0.25) is 0 Å². The van der Waals surface area contributed by atoms with Gasteiger partial charge >= 0.3 is 0 Å². The maximum Gasteiger partial charge on any atom is 0.212 e. The van der Waals surface area contributed by atoms with Crippen molar-refractivity contribution in [1.29, 1.82) is 0 Å². The van der Waals surface area contributed by atoms with Gasteiger partial charge in [-0.15, -0.1) is 0 Å². The first-order valence-corrected chi connectivity index (χ1v) is 10.4. The number of sulfonamides is 1. The van der Waals surface area contributed by atoms with E-state index < -0.39 is 10.0 Å². The van der Waals surface area contributed by atoms with Crippen molar-refractivity contribution in [2.45, 2.75) is 43.8 Å². The van der Waals surface area contributed by atoms with Crippen LogP contribution in [-0.2, 0) is 28.4 Å². The van der Waals surface area contributed by atoms with Gasteiger partial charge in [0.05, 0.1) is 19.1 Å². The summed E-state index contributed by atoms with van der Waals surface area (Å²) in [5.41, 5.74) is 0.986. The van der Waals surface area contributed by atoms with Crippen LogP contribution in [0.1, 0.15) is 31.2 Å². The van der Waals surface area contributed by atoms with Gasteiger partial charge in [0.15, 0.2) is 0 Å². The fourth-order valence-electron chi connectivity index (χ4n) is 4.43. The predicted octanol–water partition coefficient (Wildman–Crippen LogP) is 0.825. The molecule has 8 heteroatoms. The summed E-state index contributed by atoms with van der Waals surface area (Å²) >= 11 is 0. The van der Waals surface area contributed by atoms with Gasteiger partial charge < -0.3 is 4.74 Å². The summed E-state index contributed by atoms with van der Waals surface area (Å²) in [6, 6.07) is -0.0186. The van der Waals surface area contributed by atoms with E-state index in [4.69, 9.17) is 4.74 Å². The van der Waals surface area contributed by atoms with Crippen LogP contribution in [-0.4, -0.2) is 72.0 Å². The molecule has 3 heterocycles. The first-order chi connectivity index (χ1) is 11.3. The molecule has 0 aromatic carbocycles. The number of likely N-dealkylation sites (tertiary alicyclic amines) is 1. The fraction of sp³-hybridized carbons (Fsp3) is 0.812. The molecule has 2 aliphatic heterocycles. The van der Waals surface area contributed by atoms with Crippen molar-refractivity contribution in [2.24, 2.45) is 7.05 Å². The SMILES string of the molecule is COCC1CCC2(CCN(Cc3cnn(C)c3)CC2)N1S(C)(=O)=O.